The molecule has 0 heterocycles. The summed E-state index contributed by atoms with van der Waals surface area (Å²) in [5.41, 5.74) is 1.34. The van der Waals surface area contributed by atoms with Crippen molar-refractivity contribution in [1.29, 1.82) is 0 Å². The fourth-order valence-electron chi connectivity index (χ4n) is 6.53. The van der Waals surface area contributed by atoms with Crippen molar-refractivity contribution in [3.8, 4) is 12.3 Å². The molecule has 3 saturated carbocycles. The monoisotopic (exact) mass is 313 g/mol. The Morgan fingerprint density at radius 3 is 2.74 bits per heavy atom. The summed E-state index contributed by atoms with van der Waals surface area (Å²) in [5.74, 6) is 5.40. The lowest BCUT2D eigenvalue weighted by atomic mass is 9.50. The summed E-state index contributed by atoms with van der Waals surface area (Å²) in [6.07, 6.45) is 16.3. The Morgan fingerprint density at radius 1 is 1.17 bits per heavy atom. The van der Waals surface area contributed by atoms with Gasteiger partial charge < -0.3 is 10.3 Å². The fraction of sp³-hybridized carbons (Fsp3) is 0.750. The Hall–Kier alpha value is -1.27. The van der Waals surface area contributed by atoms with Crippen molar-refractivity contribution < 1.29 is 10.3 Å². The van der Waals surface area contributed by atoms with Crippen LogP contribution in [-0.2, 0) is 0 Å². The molecule has 0 saturated heterocycles. The number of terminal acetylenes is 1. The van der Waals surface area contributed by atoms with Crippen molar-refractivity contribution in [2.45, 2.75) is 63.9 Å². The number of rotatable bonds is 0. The van der Waals surface area contributed by atoms with E-state index in [1.807, 2.05) is 0 Å². The summed E-state index contributed by atoms with van der Waals surface area (Å²) >= 11 is 0. The topological polar surface area (TPSA) is 52.8 Å². The standard InChI is InChI=1S/C20H27NO2/c1-3-20(22)11-9-18-17-6-4-13-12-14(21-23)5-7-15(13)16(17)8-10-19(18,20)2/h1,12,15-18,22-23H,4-11H2,2H3/b21-14+/t15-,16-,17+,18+,19-,20?/m0/s1. The van der Waals surface area contributed by atoms with Gasteiger partial charge in [0, 0.05) is 5.41 Å². The molecule has 6 atom stereocenters. The number of allylic oxidation sites excluding steroid dienone is 2. The van der Waals surface area contributed by atoms with E-state index in [0.717, 1.165) is 50.2 Å². The number of fused-ring (bicyclic) bond motifs is 5. The van der Waals surface area contributed by atoms with Gasteiger partial charge in [-0.15, -0.1) is 6.42 Å². The van der Waals surface area contributed by atoms with Crippen LogP contribution in [0.15, 0.2) is 16.8 Å². The molecular formula is C20H27NO2. The van der Waals surface area contributed by atoms with Crippen LogP contribution in [0.25, 0.3) is 0 Å². The molecule has 4 rings (SSSR count). The second kappa shape index (κ2) is 5.11. The van der Waals surface area contributed by atoms with E-state index in [1.54, 1.807) is 0 Å². The van der Waals surface area contributed by atoms with Gasteiger partial charge in [-0.2, -0.15) is 0 Å². The average molecular weight is 313 g/mol. The van der Waals surface area contributed by atoms with Gasteiger partial charge in [0.1, 0.15) is 5.60 Å². The van der Waals surface area contributed by atoms with Crippen molar-refractivity contribution in [2.24, 2.45) is 34.2 Å². The Labute approximate surface area is 138 Å². The van der Waals surface area contributed by atoms with Gasteiger partial charge >= 0.3 is 0 Å². The van der Waals surface area contributed by atoms with Crippen molar-refractivity contribution in [3.63, 3.8) is 0 Å². The predicted octanol–water partition coefficient (Wildman–Crippen LogP) is 3.75. The van der Waals surface area contributed by atoms with Crippen molar-refractivity contribution in [3.05, 3.63) is 11.6 Å². The zero-order valence-corrected chi connectivity index (χ0v) is 14.0. The highest BCUT2D eigenvalue weighted by molar-refractivity contribution is 5.96. The van der Waals surface area contributed by atoms with Crippen LogP contribution in [0.5, 0.6) is 0 Å². The molecule has 0 aliphatic heterocycles. The molecule has 2 N–H and O–H groups in total. The van der Waals surface area contributed by atoms with Gasteiger partial charge in [0.15, 0.2) is 0 Å². The Bertz CT molecular complexity index is 616. The maximum atomic E-state index is 11.0. The van der Waals surface area contributed by atoms with Crippen LogP contribution in [0.1, 0.15) is 58.3 Å². The van der Waals surface area contributed by atoms with Crippen LogP contribution in [-0.4, -0.2) is 21.6 Å². The zero-order chi connectivity index (χ0) is 16.2. The van der Waals surface area contributed by atoms with E-state index < -0.39 is 5.60 Å². The average Bonchev–Trinajstić information content (AvgIpc) is 2.86. The molecule has 0 amide bonds. The predicted molar refractivity (Wildman–Crippen MR) is 90.1 cm³/mol. The maximum Gasteiger partial charge on any atom is 0.130 e. The van der Waals surface area contributed by atoms with E-state index in [4.69, 9.17) is 11.6 Å². The Kier molecular flexibility index (Phi) is 3.39. The molecule has 4 aliphatic carbocycles. The van der Waals surface area contributed by atoms with Crippen molar-refractivity contribution >= 4 is 5.71 Å². The molecule has 3 fully saturated rings. The SMILES string of the molecule is C#CC1(O)CC[C@@H]2[C@@H]3CCC4=C/C(=N/O)CC[C@@H]4[C@@H]3CC[C@@]21C. The normalized spacial score (nSPS) is 50.5. The molecule has 4 aliphatic rings. The van der Waals surface area contributed by atoms with E-state index >= 15 is 0 Å². The Balaban J connectivity index is 1.63. The van der Waals surface area contributed by atoms with Crippen LogP contribution in [0.3, 0.4) is 0 Å². The minimum atomic E-state index is -0.901. The van der Waals surface area contributed by atoms with Gasteiger partial charge in [-0.25, -0.2) is 0 Å². The zero-order valence-electron chi connectivity index (χ0n) is 14.0. The molecule has 1 unspecified atom stereocenters. The number of oxime groups is 1. The van der Waals surface area contributed by atoms with Crippen LogP contribution in [0, 0.1) is 41.4 Å². The largest absolute Gasteiger partial charge is 0.411 e. The highest BCUT2D eigenvalue weighted by Crippen LogP contribution is 2.64. The number of hydrogen-bond donors (Lipinski definition) is 2. The lowest BCUT2D eigenvalue weighted by Crippen LogP contribution is -2.52. The molecule has 0 aromatic rings. The van der Waals surface area contributed by atoms with E-state index in [-0.39, 0.29) is 5.41 Å². The molecule has 0 bridgehead atoms. The van der Waals surface area contributed by atoms with Gasteiger partial charge in [-0.3, -0.25) is 0 Å². The number of nitrogens with zero attached hydrogens (tertiary/aromatic N) is 1. The summed E-state index contributed by atoms with van der Waals surface area (Å²) in [5, 5.41) is 23.4. The molecule has 0 aromatic carbocycles. The van der Waals surface area contributed by atoms with Crippen LogP contribution in [0.4, 0.5) is 0 Å². The first-order chi connectivity index (χ1) is 11.0. The third-order valence-corrected chi connectivity index (χ3v) is 7.83. The van der Waals surface area contributed by atoms with Crippen LogP contribution >= 0.6 is 0 Å². The third kappa shape index (κ3) is 1.97. The molecule has 124 valence electrons. The third-order valence-electron chi connectivity index (χ3n) is 7.83. The smallest absolute Gasteiger partial charge is 0.130 e. The summed E-state index contributed by atoms with van der Waals surface area (Å²) < 4.78 is 0. The minimum Gasteiger partial charge on any atom is -0.411 e. The summed E-state index contributed by atoms with van der Waals surface area (Å²) in [7, 11) is 0. The second-order valence-corrected chi connectivity index (χ2v) is 8.43. The highest BCUT2D eigenvalue weighted by Gasteiger charge is 2.61. The van der Waals surface area contributed by atoms with Gasteiger partial charge in [0.25, 0.3) is 0 Å². The molecule has 0 spiro atoms. The lowest BCUT2D eigenvalue weighted by Gasteiger charge is -2.54. The summed E-state index contributed by atoms with van der Waals surface area (Å²) in [6.45, 7) is 2.24. The Morgan fingerprint density at radius 2 is 2.00 bits per heavy atom. The van der Waals surface area contributed by atoms with E-state index in [0.29, 0.717) is 17.8 Å². The highest BCUT2D eigenvalue weighted by atomic mass is 16.4. The summed E-state index contributed by atoms with van der Waals surface area (Å²) in [6, 6.07) is 0. The van der Waals surface area contributed by atoms with Crippen LogP contribution in [0.2, 0.25) is 0 Å². The number of hydrogen-bond acceptors (Lipinski definition) is 3. The van der Waals surface area contributed by atoms with Gasteiger partial charge in [0.05, 0.1) is 5.71 Å². The molecule has 3 heteroatoms. The first kappa shape index (κ1) is 15.3. The van der Waals surface area contributed by atoms with Gasteiger partial charge in [-0.1, -0.05) is 23.6 Å². The molecular weight excluding hydrogens is 286 g/mol. The van der Waals surface area contributed by atoms with E-state index in [2.05, 4.69) is 24.1 Å². The van der Waals surface area contributed by atoms with Crippen LogP contribution < -0.4 is 0 Å². The lowest BCUT2D eigenvalue weighted by molar-refractivity contribution is -0.0852. The van der Waals surface area contributed by atoms with Gasteiger partial charge in [0.2, 0.25) is 0 Å². The maximum absolute atomic E-state index is 11.0. The molecule has 0 aromatic heterocycles. The van der Waals surface area contributed by atoms with E-state index in [9.17, 15) is 5.11 Å². The fourth-order valence-corrected chi connectivity index (χ4v) is 6.53. The van der Waals surface area contributed by atoms with Crippen molar-refractivity contribution in [2.75, 3.05) is 0 Å². The number of aliphatic hydroxyl groups is 1. The van der Waals surface area contributed by atoms with Gasteiger partial charge in [-0.05, 0) is 81.1 Å². The second-order valence-electron chi connectivity index (χ2n) is 8.43. The first-order valence-corrected chi connectivity index (χ1v) is 9.14. The van der Waals surface area contributed by atoms with Crippen molar-refractivity contribution in [1.82, 2.24) is 0 Å². The molecule has 3 nitrogen and oxygen atoms in total. The quantitative estimate of drug-likeness (QED) is 0.406. The summed E-state index contributed by atoms with van der Waals surface area (Å²) in [4.78, 5) is 0. The minimum absolute atomic E-state index is 0.101. The van der Waals surface area contributed by atoms with E-state index in [1.165, 1.54) is 18.4 Å². The first-order valence-electron chi connectivity index (χ1n) is 9.14. The molecule has 23 heavy (non-hydrogen) atoms. The molecule has 0 radical (unpaired) electrons.